The smallest absolute Gasteiger partial charge is 0.356 e. The Morgan fingerprint density at radius 2 is 2.17 bits per heavy atom. The highest BCUT2D eigenvalue weighted by molar-refractivity contribution is 5.85. The number of aromatic carboxylic acids is 1. The van der Waals surface area contributed by atoms with E-state index in [0.29, 0.717) is 5.56 Å². The van der Waals surface area contributed by atoms with E-state index in [9.17, 15) is 14.9 Å². The predicted molar refractivity (Wildman–Crippen MR) is 61.9 cm³/mol. The lowest BCUT2D eigenvalue weighted by molar-refractivity contribution is -0.385. The van der Waals surface area contributed by atoms with Crippen molar-refractivity contribution in [1.82, 2.24) is 9.78 Å². The van der Waals surface area contributed by atoms with Gasteiger partial charge in [-0.05, 0) is 19.1 Å². The number of para-hydroxylation sites is 1. The Morgan fingerprint density at radius 3 is 2.72 bits per heavy atom. The summed E-state index contributed by atoms with van der Waals surface area (Å²) >= 11 is 0. The first-order chi connectivity index (χ1) is 8.50. The standard InChI is InChI=1S/C11H9N3O4/c1-7-3-2-4-9(10(7)14(17)18)13-6-5-8(12-13)11(15)16/h2-6H,1H3,(H,15,16). The molecular weight excluding hydrogens is 238 g/mol. The molecule has 1 aromatic carbocycles. The summed E-state index contributed by atoms with van der Waals surface area (Å²) in [7, 11) is 0. The minimum atomic E-state index is -1.18. The van der Waals surface area contributed by atoms with Gasteiger partial charge in [0.2, 0.25) is 0 Å². The van der Waals surface area contributed by atoms with Crippen molar-refractivity contribution in [3.05, 3.63) is 51.8 Å². The third-order valence-corrected chi connectivity index (χ3v) is 2.45. The molecule has 92 valence electrons. The van der Waals surface area contributed by atoms with Crippen molar-refractivity contribution in [2.24, 2.45) is 0 Å². The number of aromatic nitrogens is 2. The number of carboxylic acids is 1. The van der Waals surface area contributed by atoms with Crippen molar-refractivity contribution in [1.29, 1.82) is 0 Å². The van der Waals surface area contributed by atoms with E-state index in [2.05, 4.69) is 5.10 Å². The van der Waals surface area contributed by atoms with Crippen LogP contribution in [-0.2, 0) is 0 Å². The minimum Gasteiger partial charge on any atom is -0.476 e. The highest BCUT2D eigenvalue weighted by Crippen LogP contribution is 2.26. The van der Waals surface area contributed by atoms with Gasteiger partial charge in [-0.1, -0.05) is 12.1 Å². The van der Waals surface area contributed by atoms with Crippen LogP contribution in [0.3, 0.4) is 0 Å². The molecule has 1 N–H and O–H groups in total. The van der Waals surface area contributed by atoms with E-state index in [-0.39, 0.29) is 17.1 Å². The number of rotatable bonds is 3. The van der Waals surface area contributed by atoms with Crippen LogP contribution in [0.15, 0.2) is 30.5 Å². The molecule has 7 nitrogen and oxygen atoms in total. The Labute approximate surface area is 101 Å². The van der Waals surface area contributed by atoms with Crippen LogP contribution in [0.2, 0.25) is 0 Å². The summed E-state index contributed by atoms with van der Waals surface area (Å²) in [6, 6.07) is 6.07. The topological polar surface area (TPSA) is 98.3 Å². The van der Waals surface area contributed by atoms with Crippen molar-refractivity contribution < 1.29 is 14.8 Å². The number of carboxylic acid groups (broad SMARTS) is 1. The van der Waals surface area contributed by atoms with Gasteiger partial charge in [-0.25, -0.2) is 9.48 Å². The third kappa shape index (κ3) is 1.93. The number of nitrogens with zero attached hydrogens (tertiary/aromatic N) is 3. The van der Waals surface area contributed by atoms with E-state index in [1.807, 2.05) is 0 Å². The van der Waals surface area contributed by atoms with E-state index in [0.717, 1.165) is 0 Å². The Balaban J connectivity index is 2.59. The average Bonchev–Trinajstić information content (AvgIpc) is 2.77. The summed E-state index contributed by atoms with van der Waals surface area (Å²) in [5.74, 6) is -1.18. The van der Waals surface area contributed by atoms with Gasteiger partial charge in [0.1, 0.15) is 5.69 Å². The zero-order valence-corrected chi connectivity index (χ0v) is 9.40. The quantitative estimate of drug-likeness (QED) is 0.658. The second-order valence-corrected chi connectivity index (χ2v) is 3.65. The summed E-state index contributed by atoms with van der Waals surface area (Å²) in [6.07, 6.45) is 1.38. The fourth-order valence-corrected chi connectivity index (χ4v) is 1.64. The second kappa shape index (κ2) is 4.28. The highest BCUT2D eigenvalue weighted by Gasteiger charge is 2.19. The lowest BCUT2D eigenvalue weighted by atomic mass is 10.2. The van der Waals surface area contributed by atoms with Crippen LogP contribution in [-0.4, -0.2) is 25.8 Å². The van der Waals surface area contributed by atoms with Crippen molar-refractivity contribution in [3.8, 4) is 5.69 Å². The largest absolute Gasteiger partial charge is 0.476 e. The molecule has 2 rings (SSSR count). The molecule has 0 bridgehead atoms. The maximum absolute atomic E-state index is 11.0. The molecule has 0 amide bonds. The minimum absolute atomic E-state index is 0.0856. The molecule has 0 aliphatic heterocycles. The van der Waals surface area contributed by atoms with Crippen molar-refractivity contribution in [2.75, 3.05) is 0 Å². The van der Waals surface area contributed by atoms with E-state index in [4.69, 9.17) is 5.11 Å². The number of nitro groups is 1. The van der Waals surface area contributed by atoms with E-state index in [1.165, 1.54) is 23.0 Å². The van der Waals surface area contributed by atoms with Crippen LogP contribution in [0.25, 0.3) is 5.69 Å². The predicted octanol–water partition coefficient (Wildman–Crippen LogP) is 1.79. The highest BCUT2D eigenvalue weighted by atomic mass is 16.6. The van der Waals surface area contributed by atoms with E-state index >= 15 is 0 Å². The molecule has 0 aliphatic carbocycles. The summed E-state index contributed by atoms with van der Waals surface area (Å²) in [5, 5.41) is 23.5. The average molecular weight is 247 g/mol. The Morgan fingerprint density at radius 1 is 1.44 bits per heavy atom. The molecule has 0 fully saturated rings. The van der Waals surface area contributed by atoms with Gasteiger partial charge in [-0.2, -0.15) is 5.10 Å². The Hall–Kier alpha value is -2.70. The molecule has 0 unspecified atom stereocenters. The molecule has 0 spiro atoms. The monoisotopic (exact) mass is 247 g/mol. The maximum atomic E-state index is 11.0. The summed E-state index contributed by atoms with van der Waals surface area (Å²) in [6.45, 7) is 1.61. The first-order valence-corrected chi connectivity index (χ1v) is 5.04. The van der Waals surface area contributed by atoms with Crippen molar-refractivity contribution in [3.63, 3.8) is 0 Å². The van der Waals surface area contributed by atoms with E-state index in [1.54, 1.807) is 19.1 Å². The van der Waals surface area contributed by atoms with Gasteiger partial charge in [0.15, 0.2) is 5.69 Å². The van der Waals surface area contributed by atoms with Crippen molar-refractivity contribution >= 4 is 11.7 Å². The lowest BCUT2D eigenvalue weighted by Crippen LogP contribution is -2.04. The van der Waals surface area contributed by atoms with Gasteiger partial charge in [0, 0.05) is 11.8 Å². The molecule has 0 aliphatic rings. The van der Waals surface area contributed by atoms with Gasteiger partial charge in [0.05, 0.1) is 4.92 Å². The normalized spacial score (nSPS) is 10.3. The summed E-state index contributed by atoms with van der Waals surface area (Å²) in [4.78, 5) is 21.2. The van der Waals surface area contributed by atoms with Gasteiger partial charge in [-0.15, -0.1) is 0 Å². The van der Waals surface area contributed by atoms with Crippen LogP contribution in [0.5, 0.6) is 0 Å². The lowest BCUT2D eigenvalue weighted by Gasteiger charge is -2.04. The van der Waals surface area contributed by atoms with Crippen LogP contribution in [0.1, 0.15) is 16.1 Å². The number of benzene rings is 1. The molecule has 1 aromatic heterocycles. The molecule has 1 heterocycles. The first kappa shape index (κ1) is 11.8. The zero-order valence-electron chi connectivity index (χ0n) is 9.40. The summed E-state index contributed by atoms with van der Waals surface area (Å²) in [5.41, 5.74) is 0.487. The van der Waals surface area contributed by atoms with Gasteiger partial charge < -0.3 is 5.11 Å². The first-order valence-electron chi connectivity index (χ1n) is 5.04. The van der Waals surface area contributed by atoms with E-state index < -0.39 is 10.9 Å². The number of aryl methyl sites for hydroxylation is 1. The summed E-state index contributed by atoms with van der Waals surface area (Å²) < 4.78 is 1.19. The maximum Gasteiger partial charge on any atom is 0.356 e. The SMILES string of the molecule is Cc1cccc(-n2ccc(C(=O)O)n2)c1[N+](=O)[O-]. The molecule has 0 saturated heterocycles. The molecule has 2 aromatic rings. The van der Waals surface area contributed by atoms with Crippen LogP contribution >= 0.6 is 0 Å². The van der Waals surface area contributed by atoms with Gasteiger partial charge in [0.25, 0.3) is 5.69 Å². The van der Waals surface area contributed by atoms with Gasteiger partial charge in [-0.3, -0.25) is 10.1 Å². The molecular formula is C11H9N3O4. The number of hydrogen-bond acceptors (Lipinski definition) is 4. The second-order valence-electron chi connectivity index (χ2n) is 3.65. The van der Waals surface area contributed by atoms with Gasteiger partial charge >= 0.3 is 5.97 Å². The Bertz CT molecular complexity index is 633. The molecule has 0 atom stereocenters. The van der Waals surface area contributed by atoms with Crippen molar-refractivity contribution in [2.45, 2.75) is 6.92 Å². The molecule has 0 radical (unpaired) electrons. The molecule has 7 heteroatoms. The number of hydrogen-bond donors (Lipinski definition) is 1. The molecule has 18 heavy (non-hydrogen) atoms. The number of nitro benzene ring substituents is 1. The van der Waals surface area contributed by atoms with Crippen LogP contribution in [0, 0.1) is 17.0 Å². The van der Waals surface area contributed by atoms with Crippen LogP contribution < -0.4 is 0 Å². The third-order valence-electron chi connectivity index (χ3n) is 2.45. The zero-order chi connectivity index (χ0) is 13.3. The number of carbonyl (C=O) groups is 1. The Kier molecular flexibility index (Phi) is 2.80. The fourth-order valence-electron chi connectivity index (χ4n) is 1.64. The fraction of sp³-hybridized carbons (Fsp3) is 0.0909. The molecule has 0 saturated carbocycles. The van der Waals surface area contributed by atoms with Crippen LogP contribution in [0.4, 0.5) is 5.69 Å².